The van der Waals surface area contributed by atoms with E-state index in [4.69, 9.17) is 23.2 Å². The predicted octanol–water partition coefficient (Wildman–Crippen LogP) is 5.03. The first-order valence-corrected chi connectivity index (χ1v) is 9.78. The summed E-state index contributed by atoms with van der Waals surface area (Å²) >= 11 is 13.4. The van der Waals surface area contributed by atoms with Gasteiger partial charge in [-0.25, -0.2) is 4.98 Å². The van der Waals surface area contributed by atoms with Gasteiger partial charge < -0.3 is 5.32 Å². The van der Waals surface area contributed by atoms with E-state index in [-0.39, 0.29) is 11.8 Å². The molecule has 0 bridgehead atoms. The number of benzene rings is 2. The van der Waals surface area contributed by atoms with Crippen molar-refractivity contribution in [1.29, 1.82) is 0 Å². The summed E-state index contributed by atoms with van der Waals surface area (Å²) in [4.78, 5) is 30.5. The lowest BCUT2D eigenvalue weighted by Crippen LogP contribution is -2.31. The van der Waals surface area contributed by atoms with Gasteiger partial charge in [0.2, 0.25) is 0 Å². The monoisotopic (exact) mass is 417 g/mol. The Morgan fingerprint density at radius 2 is 1.70 bits per heavy atom. The number of anilines is 2. The van der Waals surface area contributed by atoms with Crippen LogP contribution in [0.2, 0.25) is 10.0 Å². The molecule has 1 aliphatic rings. The minimum absolute atomic E-state index is 0.250. The number of nitrogens with one attached hydrogen (secondary N) is 1. The smallest absolute Gasteiger partial charge is 0.261 e. The second-order valence-electron chi connectivity index (χ2n) is 5.96. The summed E-state index contributed by atoms with van der Waals surface area (Å²) in [5, 5.41) is 6.72. The average Bonchev–Trinajstić information content (AvgIpc) is 3.20. The van der Waals surface area contributed by atoms with Crippen LogP contribution in [0.15, 0.2) is 47.8 Å². The highest BCUT2D eigenvalue weighted by Crippen LogP contribution is 2.28. The van der Waals surface area contributed by atoms with E-state index in [9.17, 15) is 9.59 Å². The minimum atomic E-state index is -0.250. The summed E-state index contributed by atoms with van der Waals surface area (Å²) < 4.78 is 0. The van der Waals surface area contributed by atoms with Gasteiger partial charge in [0.25, 0.3) is 11.8 Å². The number of rotatable bonds is 5. The maximum Gasteiger partial charge on any atom is 0.261 e. The number of aromatic nitrogens is 1. The molecule has 1 aliphatic heterocycles. The molecule has 0 atom stereocenters. The van der Waals surface area contributed by atoms with Crippen LogP contribution in [-0.2, 0) is 6.42 Å². The fraction of sp³-hybridized carbons (Fsp3) is 0.105. The highest BCUT2D eigenvalue weighted by atomic mass is 35.5. The number of carbonyl (C=O) groups excluding carboxylic acids is 2. The summed E-state index contributed by atoms with van der Waals surface area (Å²) in [5.41, 5.74) is 2.51. The van der Waals surface area contributed by atoms with Gasteiger partial charge in [-0.1, -0.05) is 35.3 Å². The molecule has 4 rings (SSSR count). The molecule has 1 aromatic heterocycles. The predicted molar refractivity (Wildman–Crippen MR) is 107 cm³/mol. The minimum Gasteiger partial charge on any atom is -0.331 e. The number of imide groups is 1. The van der Waals surface area contributed by atoms with Gasteiger partial charge in [0.05, 0.1) is 26.9 Å². The van der Waals surface area contributed by atoms with Crippen LogP contribution in [0, 0.1) is 0 Å². The van der Waals surface area contributed by atoms with E-state index in [1.54, 1.807) is 36.4 Å². The molecule has 0 radical (unpaired) electrons. The first-order chi connectivity index (χ1) is 13.0. The Hall–Kier alpha value is -2.41. The summed E-state index contributed by atoms with van der Waals surface area (Å²) in [6.45, 7) is 0.294. The third-order valence-electron chi connectivity index (χ3n) is 4.19. The second kappa shape index (κ2) is 7.31. The molecule has 136 valence electrons. The molecular weight excluding hydrogens is 405 g/mol. The lowest BCUT2D eigenvalue weighted by Gasteiger charge is -2.12. The molecule has 0 aliphatic carbocycles. The molecule has 2 heterocycles. The molecule has 0 saturated heterocycles. The zero-order chi connectivity index (χ0) is 19.0. The first-order valence-electron chi connectivity index (χ1n) is 8.14. The Morgan fingerprint density at radius 3 is 2.37 bits per heavy atom. The standard InChI is InChI=1S/C19H13Cl2N3O2S/c20-15-6-5-11(9-16(15)21)22-19-23-12(10-27-19)7-8-24-17(25)13-3-1-2-4-14(13)18(24)26/h1-6,9-10H,7-8H2,(H,22,23). The van der Waals surface area contributed by atoms with Crippen molar-refractivity contribution in [2.75, 3.05) is 11.9 Å². The summed E-state index contributed by atoms with van der Waals surface area (Å²) in [6.07, 6.45) is 0.491. The first kappa shape index (κ1) is 18.0. The van der Waals surface area contributed by atoms with E-state index in [2.05, 4.69) is 10.3 Å². The Morgan fingerprint density at radius 1 is 1.00 bits per heavy atom. The summed E-state index contributed by atoms with van der Waals surface area (Å²) in [6, 6.07) is 12.1. The van der Waals surface area contributed by atoms with Gasteiger partial charge >= 0.3 is 0 Å². The molecule has 2 amide bonds. The van der Waals surface area contributed by atoms with Crippen LogP contribution in [-0.4, -0.2) is 28.2 Å². The van der Waals surface area contributed by atoms with Gasteiger partial charge in [-0.15, -0.1) is 11.3 Å². The zero-order valence-corrected chi connectivity index (χ0v) is 16.2. The van der Waals surface area contributed by atoms with Crippen molar-refractivity contribution in [2.24, 2.45) is 0 Å². The number of halogens is 2. The van der Waals surface area contributed by atoms with Crippen LogP contribution in [0.3, 0.4) is 0 Å². The third kappa shape index (κ3) is 3.56. The summed E-state index contributed by atoms with van der Waals surface area (Å²) in [5.74, 6) is -0.500. The van der Waals surface area contributed by atoms with Crippen molar-refractivity contribution in [1.82, 2.24) is 9.88 Å². The van der Waals surface area contributed by atoms with Gasteiger partial charge in [0, 0.05) is 24.0 Å². The lowest BCUT2D eigenvalue weighted by atomic mass is 10.1. The normalized spacial score (nSPS) is 13.2. The maximum atomic E-state index is 12.4. The molecule has 27 heavy (non-hydrogen) atoms. The number of nitrogens with zero attached hydrogens (tertiary/aromatic N) is 2. The number of amides is 2. The fourth-order valence-corrected chi connectivity index (χ4v) is 3.91. The van der Waals surface area contributed by atoms with Crippen molar-refractivity contribution in [2.45, 2.75) is 6.42 Å². The van der Waals surface area contributed by atoms with Crippen molar-refractivity contribution in [3.8, 4) is 0 Å². The van der Waals surface area contributed by atoms with Crippen LogP contribution < -0.4 is 5.32 Å². The third-order valence-corrected chi connectivity index (χ3v) is 5.74. The zero-order valence-electron chi connectivity index (χ0n) is 13.9. The van der Waals surface area contributed by atoms with Gasteiger partial charge in [-0.3, -0.25) is 14.5 Å². The Balaban J connectivity index is 1.41. The molecule has 1 N–H and O–H groups in total. The highest BCUT2D eigenvalue weighted by Gasteiger charge is 2.34. The van der Waals surface area contributed by atoms with Gasteiger partial charge in [-0.05, 0) is 30.3 Å². The molecule has 5 nitrogen and oxygen atoms in total. The van der Waals surface area contributed by atoms with Crippen molar-refractivity contribution in [3.05, 3.63) is 74.7 Å². The van der Waals surface area contributed by atoms with Crippen molar-refractivity contribution >= 4 is 57.2 Å². The van der Waals surface area contributed by atoms with Crippen LogP contribution in [0.25, 0.3) is 0 Å². The molecule has 3 aromatic rings. The van der Waals surface area contributed by atoms with E-state index >= 15 is 0 Å². The topological polar surface area (TPSA) is 62.3 Å². The molecule has 0 saturated carbocycles. The van der Waals surface area contributed by atoms with E-state index in [1.165, 1.54) is 16.2 Å². The van der Waals surface area contributed by atoms with Crippen LogP contribution in [0.5, 0.6) is 0 Å². The fourth-order valence-electron chi connectivity index (χ4n) is 2.85. The molecule has 8 heteroatoms. The van der Waals surface area contributed by atoms with Crippen LogP contribution in [0.4, 0.5) is 10.8 Å². The number of fused-ring (bicyclic) bond motifs is 1. The SMILES string of the molecule is O=C1c2ccccc2C(=O)N1CCc1csc(Nc2ccc(Cl)c(Cl)c2)n1. The second-order valence-corrected chi connectivity index (χ2v) is 7.63. The number of hydrogen-bond acceptors (Lipinski definition) is 5. The van der Waals surface area contributed by atoms with Crippen molar-refractivity contribution < 1.29 is 9.59 Å². The van der Waals surface area contributed by atoms with Gasteiger partial charge in [-0.2, -0.15) is 0 Å². The Kier molecular flexibility index (Phi) is 4.86. The van der Waals surface area contributed by atoms with E-state index in [1.807, 2.05) is 11.4 Å². The van der Waals surface area contributed by atoms with E-state index < -0.39 is 0 Å². The summed E-state index contributed by atoms with van der Waals surface area (Å²) in [7, 11) is 0. The van der Waals surface area contributed by atoms with Crippen LogP contribution in [0.1, 0.15) is 26.4 Å². The number of hydrogen-bond donors (Lipinski definition) is 1. The Bertz CT molecular complexity index is 1020. The average molecular weight is 418 g/mol. The molecular formula is C19H13Cl2N3O2S. The number of carbonyl (C=O) groups is 2. The van der Waals surface area contributed by atoms with Crippen LogP contribution >= 0.6 is 34.5 Å². The largest absolute Gasteiger partial charge is 0.331 e. The van der Waals surface area contributed by atoms with Crippen molar-refractivity contribution in [3.63, 3.8) is 0 Å². The van der Waals surface area contributed by atoms with Gasteiger partial charge in [0.1, 0.15) is 0 Å². The number of thiazole rings is 1. The Labute approximate surface area is 169 Å². The van der Waals surface area contributed by atoms with E-state index in [0.29, 0.717) is 39.3 Å². The van der Waals surface area contributed by atoms with E-state index in [0.717, 1.165) is 11.4 Å². The molecule has 2 aromatic carbocycles. The maximum absolute atomic E-state index is 12.4. The molecule has 0 fully saturated rings. The quantitative estimate of drug-likeness (QED) is 0.591. The van der Waals surface area contributed by atoms with Gasteiger partial charge in [0.15, 0.2) is 5.13 Å². The lowest BCUT2D eigenvalue weighted by molar-refractivity contribution is 0.0656. The molecule has 0 unspecified atom stereocenters. The highest BCUT2D eigenvalue weighted by molar-refractivity contribution is 7.13. The molecule has 0 spiro atoms.